The SMILES string of the molecule is CC(C)n1cc(C(=O)C(=O)NCCN2CCC(CCO)CC2)c2ccccc21. The molecule has 3 rings (SSSR count). The van der Waals surface area contributed by atoms with E-state index in [0.717, 1.165) is 49.8 Å². The molecule has 0 bridgehead atoms. The summed E-state index contributed by atoms with van der Waals surface area (Å²) < 4.78 is 2.03. The largest absolute Gasteiger partial charge is 0.396 e. The van der Waals surface area contributed by atoms with Gasteiger partial charge < -0.3 is 19.9 Å². The summed E-state index contributed by atoms with van der Waals surface area (Å²) in [6, 6.07) is 7.92. The third-order valence-electron chi connectivity index (χ3n) is 5.71. The molecule has 1 aliphatic rings. The summed E-state index contributed by atoms with van der Waals surface area (Å²) in [7, 11) is 0. The first kappa shape index (κ1) is 20.6. The fraction of sp³-hybridized carbons (Fsp3) is 0.545. The van der Waals surface area contributed by atoms with Gasteiger partial charge in [0, 0.05) is 42.8 Å². The highest BCUT2D eigenvalue weighted by Crippen LogP contribution is 2.25. The third-order valence-corrected chi connectivity index (χ3v) is 5.71. The topological polar surface area (TPSA) is 74.6 Å². The van der Waals surface area contributed by atoms with Crippen molar-refractivity contribution in [2.45, 2.75) is 39.2 Å². The summed E-state index contributed by atoms with van der Waals surface area (Å²) >= 11 is 0. The Morgan fingerprint density at radius 1 is 1.21 bits per heavy atom. The standard InChI is InChI=1S/C22H31N3O3/c1-16(2)25-15-19(18-5-3-4-6-20(18)25)21(27)22(28)23-10-13-24-11-7-17(8-12-24)9-14-26/h3-6,15-17,26H,7-14H2,1-2H3,(H,23,28). The van der Waals surface area contributed by atoms with E-state index in [1.807, 2.05) is 28.8 Å². The molecule has 0 unspecified atom stereocenters. The monoisotopic (exact) mass is 385 g/mol. The van der Waals surface area contributed by atoms with E-state index in [2.05, 4.69) is 24.1 Å². The van der Waals surface area contributed by atoms with Gasteiger partial charge in [0.05, 0.1) is 5.56 Å². The van der Waals surface area contributed by atoms with Crippen molar-refractivity contribution in [3.63, 3.8) is 0 Å². The van der Waals surface area contributed by atoms with Gasteiger partial charge in [-0.15, -0.1) is 0 Å². The molecule has 2 heterocycles. The first-order valence-corrected chi connectivity index (χ1v) is 10.3. The summed E-state index contributed by atoms with van der Waals surface area (Å²) in [6.45, 7) is 7.56. The molecule has 1 saturated heterocycles. The van der Waals surface area contributed by atoms with Crippen LogP contribution >= 0.6 is 0 Å². The number of likely N-dealkylation sites (tertiary alicyclic amines) is 1. The van der Waals surface area contributed by atoms with Crippen molar-refractivity contribution in [2.75, 3.05) is 32.8 Å². The molecule has 0 aliphatic carbocycles. The van der Waals surface area contributed by atoms with Gasteiger partial charge in [-0.05, 0) is 58.2 Å². The van der Waals surface area contributed by atoms with Crippen molar-refractivity contribution < 1.29 is 14.7 Å². The zero-order chi connectivity index (χ0) is 20.1. The number of nitrogens with zero attached hydrogens (tertiary/aromatic N) is 2. The Morgan fingerprint density at radius 3 is 2.61 bits per heavy atom. The lowest BCUT2D eigenvalue weighted by Gasteiger charge is -2.31. The van der Waals surface area contributed by atoms with Crippen LogP contribution in [0.15, 0.2) is 30.5 Å². The molecular formula is C22H31N3O3. The molecule has 0 radical (unpaired) electrons. The number of aromatic nitrogens is 1. The predicted molar refractivity (Wildman–Crippen MR) is 111 cm³/mol. The summed E-state index contributed by atoms with van der Waals surface area (Å²) in [4.78, 5) is 27.5. The van der Waals surface area contributed by atoms with Crippen LogP contribution in [0, 0.1) is 5.92 Å². The molecule has 1 aliphatic heterocycles. The number of carbonyl (C=O) groups excluding carboxylic acids is 2. The maximum absolute atomic E-state index is 12.7. The highest BCUT2D eigenvalue weighted by atomic mass is 16.3. The minimum absolute atomic E-state index is 0.211. The van der Waals surface area contributed by atoms with Crippen LogP contribution in [0.4, 0.5) is 0 Å². The molecular weight excluding hydrogens is 354 g/mol. The Bertz CT molecular complexity index is 820. The van der Waals surface area contributed by atoms with E-state index in [9.17, 15) is 9.59 Å². The number of carbonyl (C=O) groups is 2. The maximum atomic E-state index is 12.7. The Kier molecular flexibility index (Phi) is 6.86. The van der Waals surface area contributed by atoms with Crippen LogP contribution in [0.5, 0.6) is 0 Å². The van der Waals surface area contributed by atoms with Gasteiger partial charge in [-0.25, -0.2) is 0 Å². The number of nitrogens with one attached hydrogen (secondary N) is 1. The summed E-state index contributed by atoms with van der Waals surface area (Å²) in [5.74, 6) is -0.408. The number of ketones is 1. The van der Waals surface area contributed by atoms with Crippen LogP contribution < -0.4 is 5.32 Å². The van der Waals surface area contributed by atoms with Crippen molar-refractivity contribution >= 4 is 22.6 Å². The second-order valence-electron chi connectivity index (χ2n) is 7.94. The van der Waals surface area contributed by atoms with Crippen LogP contribution in [-0.2, 0) is 4.79 Å². The maximum Gasteiger partial charge on any atom is 0.292 e. The number of benzene rings is 1. The number of para-hydroxylation sites is 1. The van der Waals surface area contributed by atoms with Crippen LogP contribution in [0.25, 0.3) is 10.9 Å². The van der Waals surface area contributed by atoms with E-state index in [4.69, 9.17) is 5.11 Å². The van der Waals surface area contributed by atoms with E-state index >= 15 is 0 Å². The van der Waals surface area contributed by atoms with Gasteiger partial charge in [0.15, 0.2) is 0 Å². The second kappa shape index (κ2) is 9.34. The Hall–Kier alpha value is -2.18. The third kappa shape index (κ3) is 4.62. The lowest BCUT2D eigenvalue weighted by atomic mass is 9.94. The number of amides is 1. The molecule has 2 aromatic rings. The van der Waals surface area contributed by atoms with Gasteiger partial charge in [-0.1, -0.05) is 18.2 Å². The second-order valence-corrected chi connectivity index (χ2v) is 7.94. The number of rotatable bonds is 8. The Balaban J connectivity index is 1.56. The molecule has 1 amide bonds. The first-order valence-electron chi connectivity index (χ1n) is 10.3. The summed E-state index contributed by atoms with van der Waals surface area (Å²) in [5.41, 5.74) is 1.44. The highest BCUT2D eigenvalue weighted by molar-refractivity contribution is 6.45. The molecule has 6 nitrogen and oxygen atoms in total. The average Bonchev–Trinajstić information content (AvgIpc) is 3.09. The van der Waals surface area contributed by atoms with Gasteiger partial charge in [-0.3, -0.25) is 9.59 Å². The van der Waals surface area contributed by atoms with Crippen molar-refractivity contribution in [3.8, 4) is 0 Å². The van der Waals surface area contributed by atoms with E-state index in [1.54, 1.807) is 6.20 Å². The van der Waals surface area contributed by atoms with Crippen molar-refractivity contribution in [3.05, 3.63) is 36.0 Å². The van der Waals surface area contributed by atoms with E-state index in [-0.39, 0.29) is 12.6 Å². The molecule has 152 valence electrons. The number of fused-ring (bicyclic) bond motifs is 1. The fourth-order valence-electron chi connectivity index (χ4n) is 4.02. The average molecular weight is 386 g/mol. The predicted octanol–water partition coefficient (Wildman–Crippen LogP) is 2.62. The van der Waals surface area contributed by atoms with Gasteiger partial charge in [0.25, 0.3) is 11.7 Å². The molecule has 1 aromatic carbocycles. The van der Waals surface area contributed by atoms with Crippen molar-refractivity contribution in [1.82, 2.24) is 14.8 Å². The quantitative estimate of drug-likeness (QED) is 0.541. The molecule has 0 saturated carbocycles. The van der Waals surface area contributed by atoms with Crippen molar-refractivity contribution in [2.24, 2.45) is 5.92 Å². The van der Waals surface area contributed by atoms with Gasteiger partial charge in [0.1, 0.15) is 0 Å². The first-order chi connectivity index (χ1) is 13.5. The molecule has 0 spiro atoms. The van der Waals surface area contributed by atoms with Crippen molar-refractivity contribution in [1.29, 1.82) is 0 Å². The summed E-state index contributed by atoms with van der Waals surface area (Å²) in [6.07, 6.45) is 4.84. The zero-order valence-electron chi connectivity index (χ0n) is 16.9. The molecule has 0 atom stereocenters. The fourth-order valence-corrected chi connectivity index (χ4v) is 4.02. The Morgan fingerprint density at radius 2 is 1.93 bits per heavy atom. The number of hydrogen-bond donors (Lipinski definition) is 2. The minimum atomic E-state index is -0.540. The Labute approximate surface area is 166 Å². The van der Waals surface area contributed by atoms with E-state index in [0.29, 0.717) is 18.0 Å². The lowest BCUT2D eigenvalue weighted by Crippen LogP contribution is -2.41. The van der Waals surface area contributed by atoms with Gasteiger partial charge >= 0.3 is 0 Å². The smallest absolute Gasteiger partial charge is 0.292 e. The van der Waals surface area contributed by atoms with Gasteiger partial charge in [-0.2, -0.15) is 0 Å². The zero-order valence-corrected chi connectivity index (χ0v) is 16.9. The normalized spacial score (nSPS) is 16.0. The highest BCUT2D eigenvalue weighted by Gasteiger charge is 2.23. The van der Waals surface area contributed by atoms with Gasteiger partial charge in [0.2, 0.25) is 0 Å². The van der Waals surface area contributed by atoms with E-state index < -0.39 is 11.7 Å². The molecule has 1 aromatic heterocycles. The van der Waals surface area contributed by atoms with Crippen LogP contribution in [0.2, 0.25) is 0 Å². The molecule has 1 fully saturated rings. The van der Waals surface area contributed by atoms with Crippen LogP contribution in [-0.4, -0.2) is 59.0 Å². The van der Waals surface area contributed by atoms with Crippen LogP contribution in [0.3, 0.4) is 0 Å². The molecule has 6 heteroatoms. The number of Topliss-reactive ketones (excluding diaryl/α,β-unsaturated/α-hetero) is 1. The summed E-state index contributed by atoms with van der Waals surface area (Å²) in [5, 5.41) is 12.6. The van der Waals surface area contributed by atoms with E-state index in [1.165, 1.54) is 0 Å². The number of aliphatic hydroxyl groups excluding tert-OH is 1. The van der Waals surface area contributed by atoms with Crippen LogP contribution in [0.1, 0.15) is 49.5 Å². The molecule has 28 heavy (non-hydrogen) atoms. The minimum Gasteiger partial charge on any atom is -0.396 e. The number of piperidine rings is 1. The lowest BCUT2D eigenvalue weighted by molar-refractivity contribution is -0.117. The number of hydrogen-bond acceptors (Lipinski definition) is 4. The number of aliphatic hydroxyl groups is 1. The molecule has 2 N–H and O–H groups in total.